The Kier molecular flexibility index (Phi) is 5.97. The molecule has 4 atom stereocenters. The zero-order valence-electron chi connectivity index (χ0n) is 15.9. The smallest absolute Gasteiger partial charge is 0.238 e. The van der Waals surface area contributed by atoms with Crippen LogP contribution in [-0.2, 0) is 16.0 Å². The number of hydrazine groups is 1. The minimum Gasteiger partial charge on any atom is -0.395 e. The first-order valence-corrected chi connectivity index (χ1v) is 9.44. The van der Waals surface area contributed by atoms with Crippen LogP contribution in [0.25, 0.3) is 0 Å². The highest BCUT2D eigenvalue weighted by atomic mass is 16.2. The molecule has 2 aliphatic rings. The van der Waals surface area contributed by atoms with Gasteiger partial charge in [-0.25, -0.2) is 5.84 Å². The first-order valence-electron chi connectivity index (χ1n) is 9.44. The third kappa shape index (κ3) is 4.50. The number of nitrogens with one attached hydrogen (secondary N) is 2. The van der Waals surface area contributed by atoms with Crippen LogP contribution < -0.4 is 27.2 Å². The van der Waals surface area contributed by atoms with E-state index in [9.17, 15) is 14.9 Å². The molecule has 1 saturated carbocycles. The van der Waals surface area contributed by atoms with Crippen molar-refractivity contribution < 1.29 is 9.59 Å². The zero-order chi connectivity index (χ0) is 20.3. The maximum Gasteiger partial charge on any atom is 0.238 e. The Bertz CT molecular complexity index is 813. The van der Waals surface area contributed by atoms with E-state index in [0.717, 1.165) is 24.8 Å². The number of allylic oxidation sites excluding steroid dienone is 1. The number of anilines is 1. The summed E-state index contributed by atoms with van der Waals surface area (Å²) in [5, 5.41) is 16.9. The molecule has 1 amide bonds. The topological polar surface area (TPSA) is 137 Å². The molecule has 1 aliphatic heterocycles. The molecule has 6 N–H and O–H groups in total. The molecule has 3 unspecified atom stereocenters. The van der Waals surface area contributed by atoms with Crippen LogP contribution >= 0.6 is 0 Å². The van der Waals surface area contributed by atoms with E-state index in [1.165, 1.54) is 18.1 Å². The lowest BCUT2D eigenvalue weighted by Crippen LogP contribution is -2.50. The number of carbonyl (C=O) groups is 2. The van der Waals surface area contributed by atoms with Gasteiger partial charge in [-0.1, -0.05) is 12.1 Å². The number of fused-ring (bicyclic) bond motifs is 2. The molecule has 1 aromatic rings. The molecule has 1 saturated heterocycles. The summed E-state index contributed by atoms with van der Waals surface area (Å²) in [6.07, 6.45) is 5.02. The molecular formula is C20H26N6O2. The molecule has 1 heterocycles. The van der Waals surface area contributed by atoms with Crippen molar-refractivity contribution >= 4 is 17.4 Å². The van der Waals surface area contributed by atoms with Gasteiger partial charge in [-0.3, -0.25) is 14.6 Å². The second-order valence-corrected chi connectivity index (χ2v) is 7.52. The Hall–Kier alpha value is -2.89. The van der Waals surface area contributed by atoms with Gasteiger partial charge in [-0.05, 0) is 42.9 Å². The number of rotatable bonds is 7. The van der Waals surface area contributed by atoms with Crippen molar-refractivity contribution in [2.24, 2.45) is 17.5 Å². The van der Waals surface area contributed by atoms with Crippen molar-refractivity contribution in [1.82, 2.24) is 10.6 Å². The van der Waals surface area contributed by atoms with Crippen LogP contribution in [0.4, 0.5) is 5.69 Å². The molecule has 0 radical (unpaired) electrons. The van der Waals surface area contributed by atoms with E-state index in [-0.39, 0.29) is 23.4 Å². The molecule has 148 valence electrons. The highest BCUT2D eigenvalue weighted by molar-refractivity contribution is 5.92. The summed E-state index contributed by atoms with van der Waals surface area (Å²) in [5.74, 6) is 5.92. The second-order valence-electron chi connectivity index (χ2n) is 7.52. The van der Waals surface area contributed by atoms with E-state index >= 15 is 0 Å². The fraction of sp³-hybridized carbons (Fsp3) is 0.450. The third-order valence-corrected chi connectivity index (χ3v) is 5.47. The van der Waals surface area contributed by atoms with Crippen molar-refractivity contribution in [1.29, 1.82) is 5.26 Å². The summed E-state index contributed by atoms with van der Waals surface area (Å²) in [5.41, 5.74) is 7.21. The van der Waals surface area contributed by atoms with Crippen LogP contribution in [0.1, 0.15) is 31.7 Å². The number of piperidine rings is 1. The van der Waals surface area contributed by atoms with Gasteiger partial charge in [0.05, 0.1) is 23.5 Å². The quantitative estimate of drug-likeness (QED) is 0.305. The van der Waals surface area contributed by atoms with Gasteiger partial charge in [0.2, 0.25) is 5.91 Å². The van der Waals surface area contributed by atoms with Gasteiger partial charge in [-0.2, -0.15) is 5.26 Å². The average molecular weight is 382 g/mol. The molecule has 3 rings (SSSR count). The number of Topliss-reactive ketones (excluding diaryl/α,β-unsaturated/α-hetero) is 1. The van der Waals surface area contributed by atoms with E-state index in [2.05, 4.69) is 16.7 Å². The Morgan fingerprint density at radius 3 is 2.64 bits per heavy atom. The van der Waals surface area contributed by atoms with Gasteiger partial charge >= 0.3 is 0 Å². The number of ketones is 1. The number of amides is 1. The van der Waals surface area contributed by atoms with Gasteiger partial charge in [0.1, 0.15) is 6.04 Å². The molecule has 1 aromatic carbocycles. The maximum absolute atomic E-state index is 12.5. The van der Waals surface area contributed by atoms with E-state index < -0.39 is 6.04 Å². The Balaban J connectivity index is 1.57. The second kappa shape index (κ2) is 8.42. The van der Waals surface area contributed by atoms with E-state index in [1.807, 2.05) is 12.1 Å². The van der Waals surface area contributed by atoms with E-state index in [4.69, 9.17) is 11.6 Å². The predicted molar refractivity (Wildman–Crippen MR) is 105 cm³/mol. The fourth-order valence-electron chi connectivity index (χ4n) is 3.90. The van der Waals surface area contributed by atoms with Crippen LogP contribution in [-0.4, -0.2) is 29.8 Å². The Morgan fingerprint density at radius 2 is 2.11 bits per heavy atom. The number of hydrogen-bond acceptors (Lipinski definition) is 7. The van der Waals surface area contributed by atoms with Gasteiger partial charge in [0.15, 0.2) is 5.78 Å². The lowest BCUT2D eigenvalue weighted by atomic mass is 9.98. The lowest BCUT2D eigenvalue weighted by molar-refractivity contribution is -0.124. The molecule has 8 nitrogen and oxygen atoms in total. The monoisotopic (exact) mass is 382 g/mol. The minimum atomic E-state index is -0.596. The number of hydrogen-bond donors (Lipinski definition) is 4. The zero-order valence-corrected chi connectivity index (χ0v) is 15.9. The van der Waals surface area contributed by atoms with E-state index in [1.54, 1.807) is 12.1 Å². The van der Waals surface area contributed by atoms with Crippen molar-refractivity contribution in [2.75, 3.05) is 5.01 Å². The van der Waals surface area contributed by atoms with Crippen LogP contribution in [0, 0.1) is 17.2 Å². The summed E-state index contributed by atoms with van der Waals surface area (Å²) in [6, 6.07) is 9.04. The molecule has 2 fully saturated rings. The lowest BCUT2D eigenvalue weighted by Gasteiger charge is -2.23. The molecule has 1 aliphatic carbocycles. The average Bonchev–Trinajstić information content (AvgIpc) is 3.31. The summed E-state index contributed by atoms with van der Waals surface area (Å²) < 4.78 is 0. The maximum atomic E-state index is 12.5. The highest BCUT2D eigenvalue weighted by Crippen LogP contribution is 2.35. The van der Waals surface area contributed by atoms with Gasteiger partial charge in [0.25, 0.3) is 0 Å². The molecule has 0 spiro atoms. The SMILES string of the molecule is CC(=O)/C(N)=C/N(N)c1ccc(C[C@@H](C#N)NC(=O)C2NC3CCC2C3)cc1. The largest absolute Gasteiger partial charge is 0.395 e. The number of nitrogens with two attached hydrogens (primary N) is 2. The first kappa shape index (κ1) is 19.9. The van der Waals surface area contributed by atoms with Crippen molar-refractivity contribution in [3.8, 4) is 6.07 Å². The molecular weight excluding hydrogens is 356 g/mol. The predicted octanol–water partition coefficient (Wildman–Crippen LogP) is 0.447. The Morgan fingerprint density at radius 1 is 1.39 bits per heavy atom. The van der Waals surface area contributed by atoms with Gasteiger partial charge in [0, 0.05) is 25.6 Å². The number of nitriles is 1. The first-order chi connectivity index (χ1) is 13.4. The van der Waals surface area contributed by atoms with Gasteiger partial charge < -0.3 is 16.4 Å². The van der Waals surface area contributed by atoms with Crippen LogP contribution in [0.15, 0.2) is 36.2 Å². The Labute approximate surface area is 164 Å². The number of benzene rings is 1. The molecule has 0 aromatic heterocycles. The van der Waals surface area contributed by atoms with E-state index in [0.29, 0.717) is 24.1 Å². The minimum absolute atomic E-state index is 0.0630. The van der Waals surface area contributed by atoms with Crippen LogP contribution in [0.2, 0.25) is 0 Å². The highest BCUT2D eigenvalue weighted by Gasteiger charge is 2.43. The molecule has 28 heavy (non-hydrogen) atoms. The van der Waals surface area contributed by atoms with Crippen molar-refractivity contribution in [2.45, 2.75) is 50.7 Å². The number of nitrogens with zero attached hydrogens (tertiary/aromatic N) is 2. The van der Waals surface area contributed by atoms with Crippen molar-refractivity contribution in [3.63, 3.8) is 0 Å². The van der Waals surface area contributed by atoms with Crippen LogP contribution in [0.5, 0.6) is 0 Å². The molecule has 2 bridgehead atoms. The van der Waals surface area contributed by atoms with Crippen molar-refractivity contribution in [3.05, 3.63) is 41.7 Å². The standard InChI is InChI=1S/C20H26N6O2/c1-12(27)18(22)11-26(23)17-6-2-13(3-7-17)8-16(10-21)25-20(28)19-14-4-5-15(9-14)24-19/h2-3,6-7,11,14-16,19,24H,4-5,8-9,22-23H2,1H3,(H,25,28)/b18-11-/t14?,15?,16-,19?/m0/s1. The third-order valence-electron chi connectivity index (χ3n) is 5.47. The summed E-state index contributed by atoms with van der Waals surface area (Å²) in [4.78, 5) is 23.7. The number of carbonyl (C=O) groups excluding carboxylic acids is 2. The van der Waals surface area contributed by atoms with Crippen LogP contribution in [0.3, 0.4) is 0 Å². The normalized spacial score (nSPS) is 24.5. The summed E-state index contributed by atoms with van der Waals surface area (Å²) in [6.45, 7) is 1.37. The van der Waals surface area contributed by atoms with Gasteiger partial charge in [-0.15, -0.1) is 0 Å². The summed E-state index contributed by atoms with van der Waals surface area (Å²) >= 11 is 0. The summed E-state index contributed by atoms with van der Waals surface area (Å²) in [7, 11) is 0. The molecule has 8 heteroatoms. The fourth-order valence-corrected chi connectivity index (χ4v) is 3.90.